The third-order valence-electron chi connectivity index (χ3n) is 3.58. The molecule has 3 rings (SSSR count). The van der Waals surface area contributed by atoms with Crippen molar-refractivity contribution < 1.29 is 4.79 Å². The van der Waals surface area contributed by atoms with E-state index in [1.807, 2.05) is 18.2 Å². The fourth-order valence-corrected chi connectivity index (χ4v) is 2.58. The molecule has 0 bridgehead atoms. The highest BCUT2D eigenvalue weighted by atomic mass is 16.1. The van der Waals surface area contributed by atoms with Gasteiger partial charge in [-0.15, -0.1) is 0 Å². The van der Waals surface area contributed by atoms with E-state index in [-0.39, 0.29) is 11.4 Å². The van der Waals surface area contributed by atoms with Crippen molar-refractivity contribution in [2.75, 3.05) is 0 Å². The fraction of sp³-hybridized carbons (Fsp3) is 0.357. The highest BCUT2D eigenvalue weighted by Gasteiger charge is 2.39. The molecule has 1 aliphatic carbocycles. The van der Waals surface area contributed by atoms with Gasteiger partial charge < -0.3 is 5.32 Å². The Balaban J connectivity index is 1.98. The van der Waals surface area contributed by atoms with E-state index in [1.165, 1.54) is 17.6 Å². The van der Waals surface area contributed by atoms with Gasteiger partial charge in [-0.3, -0.25) is 4.79 Å². The molecule has 16 heavy (non-hydrogen) atoms. The Morgan fingerprint density at radius 2 is 1.88 bits per heavy atom. The van der Waals surface area contributed by atoms with E-state index in [1.54, 1.807) is 0 Å². The average Bonchev–Trinajstić information content (AvgIpc) is 2.27. The number of amides is 1. The van der Waals surface area contributed by atoms with Crippen molar-refractivity contribution in [1.82, 2.24) is 5.32 Å². The Morgan fingerprint density at radius 1 is 1.12 bits per heavy atom. The van der Waals surface area contributed by atoms with Crippen molar-refractivity contribution in [3.8, 4) is 0 Å². The van der Waals surface area contributed by atoms with Gasteiger partial charge in [0.1, 0.15) is 0 Å². The summed E-state index contributed by atoms with van der Waals surface area (Å²) < 4.78 is 0. The summed E-state index contributed by atoms with van der Waals surface area (Å²) in [7, 11) is 0. The molecule has 0 aromatic heterocycles. The number of carbonyl (C=O) groups is 1. The summed E-state index contributed by atoms with van der Waals surface area (Å²) in [5, 5.41) is 3.11. The van der Waals surface area contributed by atoms with Gasteiger partial charge in [0.15, 0.2) is 0 Å². The maximum Gasteiger partial charge on any atom is 0.225 e. The lowest BCUT2D eigenvalue weighted by molar-refractivity contribution is -0.122. The van der Waals surface area contributed by atoms with Crippen molar-refractivity contribution in [3.05, 3.63) is 42.0 Å². The SMILES string of the molecule is O=C1CC(c2ccccc2)=CC2(CCC2)N1. The Morgan fingerprint density at radius 3 is 2.50 bits per heavy atom. The lowest BCUT2D eigenvalue weighted by atomic mass is 9.73. The summed E-state index contributed by atoms with van der Waals surface area (Å²) in [5.41, 5.74) is 2.35. The number of carbonyl (C=O) groups excluding carboxylic acids is 1. The van der Waals surface area contributed by atoms with Crippen LogP contribution in [0.1, 0.15) is 31.2 Å². The Kier molecular flexibility index (Phi) is 2.10. The van der Waals surface area contributed by atoms with Crippen molar-refractivity contribution in [2.24, 2.45) is 0 Å². The molecular weight excluding hydrogens is 198 g/mol. The van der Waals surface area contributed by atoms with Crippen molar-refractivity contribution in [2.45, 2.75) is 31.2 Å². The largest absolute Gasteiger partial charge is 0.347 e. The summed E-state index contributed by atoms with van der Waals surface area (Å²) in [6, 6.07) is 10.2. The van der Waals surface area contributed by atoms with Crippen molar-refractivity contribution in [1.29, 1.82) is 0 Å². The van der Waals surface area contributed by atoms with E-state index in [0.29, 0.717) is 6.42 Å². The van der Waals surface area contributed by atoms with Crippen LogP contribution in [0.3, 0.4) is 0 Å². The zero-order valence-corrected chi connectivity index (χ0v) is 9.20. The molecule has 2 aliphatic rings. The predicted octanol–water partition coefficient (Wildman–Crippen LogP) is 2.51. The monoisotopic (exact) mass is 213 g/mol. The molecule has 1 fully saturated rings. The predicted molar refractivity (Wildman–Crippen MR) is 63.8 cm³/mol. The van der Waals surface area contributed by atoms with Crippen LogP contribution in [0, 0.1) is 0 Å². The van der Waals surface area contributed by atoms with Crippen molar-refractivity contribution >= 4 is 11.5 Å². The number of nitrogens with one attached hydrogen (secondary N) is 1. The van der Waals surface area contributed by atoms with Gasteiger partial charge >= 0.3 is 0 Å². The molecule has 0 radical (unpaired) electrons. The molecule has 1 spiro atoms. The summed E-state index contributed by atoms with van der Waals surface area (Å²) in [6.45, 7) is 0. The van der Waals surface area contributed by atoms with Gasteiger partial charge in [-0.2, -0.15) is 0 Å². The molecule has 1 aromatic rings. The first-order valence-electron chi connectivity index (χ1n) is 5.86. The van der Waals surface area contributed by atoms with Crippen LogP contribution in [0.15, 0.2) is 36.4 Å². The summed E-state index contributed by atoms with van der Waals surface area (Å²) in [5.74, 6) is 0.168. The van der Waals surface area contributed by atoms with Crippen LogP contribution in [0.25, 0.3) is 5.57 Å². The highest BCUT2D eigenvalue weighted by molar-refractivity contribution is 5.92. The van der Waals surface area contributed by atoms with Gasteiger partial charge in [0.2, 0.25) is 5.91 Å². The minimum Gasteiger partial charge on any atom is -0.347 e. The summed E-state index contributed by atoms with van der Waals surface area (Å²) in [6.07, 6.45) is 6.20. The Labute approximate surface area is 95.4 Å². The van der Waals surface area contributed by atoms with Crippen molar-refractivity contribution in [3.63, 3.8) is 0 Å². The standard InChI is InChI=1S/C14H15NO/c16-13-9-12(11-5-2-1-3-6-11)10-14(15-13)7-4-8-14/h1-3,5-6,10H,4,7-9H2,(H,15,16). The Bertz CT molecular complexity index is 443. The molecule has 0 unspecified atom stereocenters. The second-order valence-corrected chi connectivity index (χ2v) is 4.77. The molecule has 0 atom stereocenters. The Hall–Kier alpha value is -1.57. The molecule has 2 heteroatoms. The van der Waals surface area contributed by atoms with Crippen LogP contribution < -0.4 is 5.32 Å². The minimum atomic E-state index is -0.0134. The molecule has 82 valence electrons. The minimum absolute atomic E-state index is 0.0134. The molecule has 1 amide bonds. The molecule has 1 saturated carbocycles. The van der Waals surface area contributed by atoms with Gasteiger partial charge in [-0.1, -0.05) is 36.4 Å². The van der Waals surface area contributed by atoms with Gasteiger partial charge in [0.05, 0.1) is 12.0 Å². The van der Waals surface area contributed by atoms with Gasteiger partial charge in [-0.25, -0.2) is 0 Å². The number of hydrogen-bond acceptors (Lipinski definition) is 1. The van der Waals surface area contributed by atoms with E-state index in [9.17, 15) is 4.79 Å². The zero-order chi connectivity index (χ0) is 11.0. The topological polar surface area (TPSA) is 29.1 Å². The van der Waals surface area contributed by atoms with Gasteiger partial charge in [-0.05, 0) is 30.4 Å². The first-order valence-corrected chi connectivity index (χ1v) is 5.86. The second kappa shape index (κ2) is 3.48. The van der Waals surface area contributed by atoms with E-state index in [4.69, 9.17) is 0 Å². The van der Waals surface area contributed by atoms with E-state index >= 15 is 0 Å². The second-order valence-electron chi connectivity index (χ2n) is 4.77. The van der Waals surface area contributed by atoms with E-state index in [2.05, 4.69) is 23.5 Å². The number of benzene rings is 1. The molecule has 0 saturated heterocycles. The average molecular weight is 213 g/mol. The smallest absolute Gasteiger partial charge is 0.225 e. The summed E-state index contributed by atoms with van der Waals surface area (Å²) >= 11 is 0. The lowest BCUT2D eigenvalue weighted by Crippen LogP contribution is -2.54. The molecule has 1 heterocycles. The first-order chi connectivity index (χ1) is 7.77. The van der Waals surface area contributed by atoms with Crippen LogP contribution in [-0.4, -0.2) is 11.4 Å². The molecule has 1 aliphatic heterocycles. The van der Waals surface area contributed by atoms with Crippen LogP contribution in [0.2, 0.25) is 0 Å². The number of rotatable bonds is 1. The maximum atomic E-state index is 11.7. The van der Waals surface area contributed by atoms with Crippen LogP contribution >= 0.6 is 0 Å². The first kappa shape index (κ1) is 9.64. The molecular formula is C14H15NO. The third kappa shape index (κ3) is 1.54. The maximum absolute atomic E-state index is 11.7. The van der Waals surface area contributed by atoms with Gasteiger partial charge in [0, 0.05) is 0 Å². The van der Waals surface area contributed by atoms with Gasteiger partial charge in [0.25, 0.3) is 0 Å². The highest BCUT2D eigenvalue weighted by Crippen LogP contribution is 2.38. The quantitative estimate of drug-likeness (QED) is 0.763. The molecule has 2 nitrogen and oxygen atoms in total. The van der Waals surface area contributed by atoms with E-state index in [0.717, 1.165) is 12.8 Å². The zero-order valence-electron chi connectivity index (χ0n) is 9.20. The molecule has 1 aromatic carbocycles. The third-order valence-corrected chi connectivity index (χ3v) is 3.58. The fourth-order valence-electron chi connectivity index (χ4n) is 2.58. The van der Waals surface area contributed by atoms with E-state index < -0.39 is 0 Å². The lowest BCUT2D eigenvalue weighted by Gasteiger charge is -2.43. The van der Waals surface area contributed by atoms with Crippen LogP contribution in [0.5, 0.6) is 0 Å². The summed E-state index contributed by atoms with van der Waals surface area (Å²) in [4.78, 5) is 11.7. The van der Waals surface area contributed by atoms with Crippen LogP contribution in [0.4, 0.5) is 0 Å². The molecule has 1 N–H and O–H groups in total. The normalized spacial score (nSPS) is 22.2. The van der Waals surface area contributed by atoms with Crippen LogP contribution in [-0.2, 0) is 4.79 Å². The number of hydrogen-bond donors (Lipinski definition) is 1.